The SMILES string of the molecule is COC(=O)Nc1nn(C)c2c(-c3ccc(C#CC(C)(C)O)nc3[C@H](Cc3cc(F)cc(F)c3)NC(=O)Cn3nc(C(F)F)c4c3C(F)(F)[C@@H]3CC[C@H]43)ccc(Cl)c12. The van der Waals surface area contributed by atoms with E-state index in [-0.39, 0.29) is 52.6 Å². The number of fused-ring (bicyclic) bond motifs is 4. The summed E-state index contributed by atoms with van der Waals surface area (Å²) in [6, 6.07) is 7.71. The van der Waals surface area contributed by atoms with Crippen LogP contribution in [0, 0.1) is 29.4 Å². The van der Waals surface area contributed by atoms with Gasteiger partial charge in [0.2, 0.25) is 5.91 Å². The number of aromatic nitrogens is 5. The van der Waals surface area contributed by atoms with E-state index in [1.165, 1.54) is 37.8 Å². The maximum absolute atomic E-state index is 15.6. The number of amides is 2. The number of anilines is 1. The molecule has 18 heteroatoms. The minimum atomic E-state index is -3.51. The molecule has 3 atom stereocenters. The molecule has 2 aliphatic rings. The number of benzene rings is 2. The molecule has 2 aromatic carbocycles. The van der Waals surface area contributed by atoms with Crippen molar-refractivity contribution in [1.29, 1.82) is 0 Å². The van der Waals surface area contributed by atoms with Crippen molar-refractivity contribution in [2.24, 2.45) is 13.0 Å². The van der Waals surface area contributed by atoms with Gasteiger partial charge in [0, 0.05) is 35.7 Å². The zero-order valence-corrected chi connectivity index (χ0v) is 31.5. The van der Waals surface area contributed by atoms with Gasteiger partial charge in [-0.3, -0.25) is 19.5 Å². The van der Waals surface area contributed by atoms with Crippen molar-refractivity contribution < 1.29 is 45.8 Å². The zero-order valence-electron chi connectivity index (χ0n) is 30.7. The molecule has 0 saturated heterocycles. The van der Waals surface area contributed by atoms with E-state index in [0.29, 0.717) is 32.8 Å². The third-order valence-electron chi connectivity index (χ3n) is 10.0. The Balaban J connectivity index is 1.38. The predicted molar refractivity (Wildman–Crippen MR) is 196 cm³/mol. The highest BCUT2D eigenvalue weighted by Gasteiger charge is 2.62. The number of nitrogens with zero attached hydrogens (tertiary/aromatic N) is 5. The number of carbonyl (C=O) groups is 2. The van der Waals surface area contributed by atoms with E-state index in [2.05, 4.69) is 32.7 Å². The first-order valence-electron chi connectivity index (χ1n) is 17.6. The summed E-state index contributed by atoms with van der Waals surface area (Å²) in [6.07, 6.45) is -3.90. The Kier molecular flexibility index (Phi) is 10.2. The van der Waals surface area contributed by atoms with Crippen molar-refractivity contribution >= 4 is 40.3 Å². The molecule has 298 valence electrons. The molecule has 3 aromatic heterocycles. The van der Waals surface area contributed by atoms with Crippen LogP contribution in [0.1, 0.15) is 79.0 Å². The van der Waals surface area contributed by atoms with Crippen LogP contribution in [0.4, 0.5) is 37.0 Å². The Morgan fingerprint density at radius 1 is 1.07 bits per heavy atom. The first-order valence-corrected chi connectivity index (χ1v) is 18.0. The summed E-state index contributed by atoms with van der Waals surface area (Å²) in [7, 11) is 2.74. The van der Waals surface area contributed by atoms with Gasteiger partial charge in [-0.2, -0.15) is 19.0 Å². The quantitative estimate of drug-likeness (QED) is 0.103. The van der Waals surface area contributed by atoms with Gasteiger partial charge in [0.1, 0.15) is 40.9 Å². The standard InChI is InChI=1S/C39H34ClF6N7O4/c1-38(2,56)12-11-21-5-6-22(23-8-10-26(40)30-33(23)52(3)51-36(30)49-37(55)57-4)31(47-21)27(15-18-13-19(41)16-20(42)14-18)48-28(54)17-53-34-29(32(50-53)35(43)44)24-7-9-25(24)39(34,45)46/h5-6,8,10,13-14,16,24-25,27,35,56H,7,9,15,17H2,1-4H3,(H,48,54)(H,49,51,55)/t24-,25+,27-/m0/s1. The molecule has 0 bridgehead atoms. The van der Waals surface area contributed by atoms with E-state index in [1.807, 2.05) is 0 Å². The minimum absolute atomic E-state index is 0.0496. The number of nitrogens with one attached hydrogen (secondary N) is 2. The summed E-state index contributed by atoms with van der Waals surface area (Å²) < 4.78 is 95.5. The van der Waals surface area contributed by atoms with E-state index in [0.717, 1.165) is 12.1 Å². The molecule has 2 amide bonds. The Bertz CT molecular complexity index is 2480. The van der Waals surface area contributed by atoms with E-state index in [4.69, 9.17) is 21.3 Å². The summed E-state index contributed by atoms with van der Waals surface area (Å²) in [5.41, 5.74) is -1.92. The van der Waals surface area contributed by atoms with Crippen molar-refractivity contribution in [2.45, 2.75) is 69.6 Å². The highest BCUT2D eigenvalue weighted by molar-refractivity contribution is 6.37. The number of methoxy groups -OCH3 is 1. The van der Waals surface area contributed by atoms with Crippen molar-refractivity contribution in [3.05, 3.63) is 93.0 Å². The van der Waals surface area contributed by atoms with E-state index < -0.39 is 77.4 Å². The minimum Gasteiger partial charge on any atom is -0.453 e. The van der Waals surface area contributed by atoms with E-state index in [9.17, 15) is 32.3 Å². The van der Waals surface area contributed by atoms with Crippen LogP contribution in [0.3, 0.4) is 0 Å². The van der Waals surface area contributed by atoms with Gasteiger partial charge in [-0.15, -0.1) is 0 Å². The maximum Gasteiger partial charge on any atom is 0.412 e. The van der Waals surface area contributed by atoms with Gasteiger partial charge in [0.05, 0.1) is 34.8 Å². The molecule has 57 heavy (non-hydrogen) atoms. The first kappa shape index (κ1) is 39.6. The van der Waals surface area contributed by atoms with Crippen LogP contribution < -0.4 is 10.6 Å². The van der Waals surface area contributed by atoms with Crippen LogP contribution in [0.25, 0.3) is 22.0 Å². The fraction of sp³-hybridized carbons (Fsp3) is 0.359. The van der Waals surface area contributed by atoms with Crippen molar-refractivity contribution in [1.82, 2.24) is 29.9 Å². The molecule has 7 rings (SSSR count). The number of hydrogen-bond acceptors (Lipinski definition) is 7. The molecule has 3 heterocycles. The average Bonchev–Trinajstić information content (AvgIpc) is 3.68. The van der Waals surface area contributed by atoms with E-state index in [1.54, 1.807) is 19.2 Å². The molecular formula is C39H34ClF6N7O4. The normalized spacial score (nSPS) is 17.4. The number of pyridine rings is 1. The average molecular weight is 814 g/mol. The van der Waals surface area contributed by atoms with Crippen molar-refractivity contribution in [3.63, 3.8) is 0 Å². The molecule has 1 fully saturated rings. The van der Waals surface area contributed by atoms with Crippen LogP contribution >= 0.6 is 11.6 Å². The number of rotatable bonds is 9. The lowest BCUT2D eigenvalue weighted by Gasteiger charge is -2.34. The summed E-state index contributed by atoms with van der Waals surface area (Å²) in [5, 5.41) is 24.2. The van der Waals surface area contributed by atoms with Gasteiger partial charge in [-0.25, -0.2) is 27.3 Å². The lowest BCUT2D eigenvalue weighted by atomic mass is 9.73. The van der Waals surface area contributed by atoms with Gasteiger partial charge in [0.15, 0.2) is 5.82 Å². The van der Waals surface area contributed by atoms with Crippen molar-refractivity contribution in [2.75, 3.05) is 12.4 Å². The van der Waals surface area contributed by atoms with E-state index >= 15 is 8.78 Å². The van der Waals surface area contributed by atoms with Crippen LogP contribution in [0.2, 0.25) is 5.02 Å². The highest BCUT2D eigenvalue weighted by Crippen LogP contribution is 2.63. The molecule has 0 unspecified atom stereocenters. The molecule has 0 spiro atoms. The monoisotopic (exact) mass is 813 g/mol. The van der Waals surface area contributed by atoms with Gasteiger partial charge in [-0.05, 0) is 80.8 Å². The molecule has 5 aromatic rings. The molecule has 0 radical (unpaired) electrons. The Morgan fingerprint density at radius 3 is 2.40 bits per heavy atom. The zero-order chi connectivity index (χ0) is 41.1. The van der Waals surface area contributed by atoms with Gasteiger partial charge < -0.3 is 15.2 Å². The van der Waals surface area contributed by atoms with Crippen LogP contribution in [-0.4, -0.2) is 54.4 Å². The summed E-state index contributed by atoms with van der Waals surface area (Å²) >= 11 is 6.62. The molecular weight excluding hydrogens is 780 g/mol. The fourth-order valence-electron chi connectivity index (χ4n) is 7.58. The van der Waals surface area contributed by atoms with Crippen molar-refractivity contribution in [3.8, 4) is 23.0 Å². The number of alkyl halides is 4. The highest BCUT2D eigenvalue weighted by atomic mass is 35.5. The predicted octanol–water partition coefficient (Wildman–Crippen LogP) is 7.70. The lowest BCUT2D eigenvalue weighted by molar-refractivity contribution is -0.123. The third kappa shape index (κ3) is 7.51. The van der Waals surface area contributed by atoms with Gasteiger partial charge in [-0.1, -0.05) is 23.6 Å². The molecule has 1 saturated carbocycles. The number of ether oxygens (including phenoxy) is 1. The Labute approximate surface area is 326 Å². The Morgan fingerprint density at radius 2 is 1.77 bits per heavy atom. The third-order valence-corrected chi connectivity index (χ3v) is 10.3. The second-order valence-electron chi connectivity index (χ2n) is 14.5. The number of halogens is 7. The fourth-order valence-corrected chi connectivity index (χ4v) is 7.83. The Hall–Kier alpha value is -5.60. The smallest absolute Gasteiger partial charge is 0.412 e. The second kappa shape index (κ2) is 14.7. The van der Waals surface area contributed by atoms with Crippen LogP contribution in [0.15, 0.2) is 42.5 Å². The number of aryl methyl sites for hydroxylation is 1. The molecule has 11 nitrogen and oxygen atoms in total. The summed E-state index contributed by atoms with van der Waals surface area (Å²) in [5.74, 6) is -2.81. The summed E-state index contributed by atoms with van der Waals surface area (Å²) in [4.78, 5) is 30.9. The van der Waals surface area contributed by atoms with Gasteiger partial charge in [0.25, 0.3) is 12.3 Å². The topological polar surface area (TPSA) is 136 Å². The summed E-state index contributed by atoms with van der Waals surface area (Å²) in [6.45, 7) is 2.00. The maximum atomic E-state index is 15.6. The molecule has 2 aliphatic carbocycles. The second-order valence-corrected chi connectivity index (χ2v) is 14.9. The first-order chi connectivity index (χ1) is 26.9. The number of aliphatic hydroxyl groups is 1. The van der Waals surface area contributed by atoms with Crippen LogP contribution in [-0.2, 0) is 35.5 Å². The largest absolute Gasteiger partial charge is 0.453 e. The van der Waals surface area contributed by atoms with Gasteiger partial charge >= 0.3 is 6.09 Å². The number of carbonyl (C=O) groups excluding carboxylic acids is 2. The number of hydrogen-bond donors (Lipinski definition) is 3. The molecule has 0 aliphatic heterocycles. The van der Waals surface area contributed by atoms with Crippen LogP contribution in [0.5, 0.6) is 0 Å². The lowest BCUT2D eigenvalue weighted by Crippen LogP contribution is -2.36. The molecule has 3 N–H and O–H groups in total.